The summed E-state index contributed by atoms with van der Waals surface area (Å²) >= 11 is 0. The smallest absolute Gasteiger partial charge is 0.269 e. The van der Waals surface area contributed by atoms with Crippen LogP contribution in [0, 0.1) is 17.0 Å². The van der Waals surface area contributed by atoms with E-state index in [0.717, 1.165) is 50.5 Å². The first-order valence-corrected chi connectivity index (χ1v) is 9.79. The molecule has 0 atom stereocenters. The highest BCUT2D eigenvalue weighted by Crippen LogP contribution is 2.37. The van der Waals surface area contributed by atoms with Crippen LogP contribution in [0.5, 0.6) is 0 Å². The van der Waals surface area contributed by atoms with Gasteiger partial charge < -0.3 is 15.7 Å². The Hall–Kier alpha value is -4.39. The van der Waals surface area contributed by atoms with Crippen LogP contribution in [-0.4, -0.2) is 19.9 Å². The first-order valence-electron chi connectivity index (χ1n) is 9.79. The van der Waals surface area contributed by atoms with Crippen molar-refractivity contribution in [3.63, 3.8) is 0 Å². The molecule has 4 N–H and O–H groups in total. The third-order valence-corrected chi connectivity index (χ3v) is 5.39. The van der Waals surface area contributed by atoms with Gasteiger partial charge in [0.1, 0.15) is 5.82 Å². The number of nitro groups is 1. The number of hydrogen-bond donors (Lipinski definition) is 3. The summed E-state index contributed by atoms with van der Waals surface area (Å²) in [7, 11) is 0. The Morgan fingerprint density at radius 2 is 1.58 bits per heavy atom. The van der Waals surface area contributed by atoms with Crippen LogP contribution in [0.2, 0.25) is 0 Å². The summed E-state index contributed by atoms with van der Waals surface area (Å²) in [6.45, 7) is 2.02. The van der Waals surface area contributed by atoms with Gasteiger partial charge in [-0.3, -0.25) is 10.1 Å². The molecule has 0 saturated heterocycles. The molecular formula is C24H19N5O2. The average Bonchev–Trinajstić information content (AvgIpc) is 3.34. The summed E-state index contributed by atoms with van der Waals surface area (Å²) in [6, 6.07) is 22.1. The fourth-order valence-corrected chi connectivity index (χ4v) is 3.88. The van der Waals surface area contributed by atoms with E-state index in [1.54, 1.807) is 12.1 Å². The van der Waals surface area contributed by atoms with Crippen LogP contribution in [-0.2, 0) is 0 Å². The van der Waals surface area contributed by atoms with E-state index in [4.69, 9.17) is 10.7 Å². The van der Waals surface area contributed by atoms with Crippen molar-refractivity contribution < 1.29 is 4.92 Å². The maximum Gasteiger partial charge on any atom is 0.269 e. The fraction of sp³-hybridized carbons (Fsp3) is 0.0417. The Balaban J connectivity index is 1.73. The van der Waals surface area contributed by atoms with Gasteiger partial charge in [-0.2, -0.15) is 0 Å². The molecule has 0 spiro atoms. The minimum absolute atomic E-state index is 0.0426. The number of aromatic amines is 2. The highest BCUT2D eigenvalue weighted by Gasteiger charge is 2.19. The second-order valence-corrected chi connectivity index (χ2v) is 7.41. The number of fused-ring (bicyclic) bond motifs is 1. The highest BCUT2D eigenvalue weighted by atomic mass is 16.6. The minimum atomic E-state index is -0.407. The lowest BCUT2D eigenvalue weighted by Gasteiger charge is -2.04. The summed E-state index contributed by atoms with van der Waals surface area (Å²) in [5.41, 5.74) is 12.9. The van der Waals surface area contributed by atoms with Crippen molar-refractivity contribution in [2.75, 3.05) is 5.73 Å². The fourth-order valence-electron chi connectivity index (χ4n) is 3.88. The number of non-ortho nitro benzene ring substituents is 1. The zero-order chi connectivity index (χ0) is 21.5. The number of benzene rings is 3. The van der Waals surface area contributed by atoms with E-state index in [9.17, 15) is 10.1 Å². The molecule has 0 aliphatic carbocycles. The van der Waals surface area contributed by atoms with Crippen LogP contribution >= 0.6 is 0 Å². The predicted octanol–water partition coefficient (Wildman–Crippen LogP) is 5.69. The number of nitrogens with zero attached hydrogens (tertiary/aromatic N) is 2. The van der Waals surface area contributed by atoms with Gasteiger partial charge >= 0.3 is 0 Å². The first kappa shape index (κ1) is 18.6. The monoisotopic (exact) mass is 409 g/mol. The van der Waals surface area contributed by atoms with E-state index in [1.807, 2.05) is 49.4 Å². The summed E-state index contributed by atoms with van der Waals surface area (Å²) in [5, 5.41) is 12.1. The number of H-pyrrole nitrogens is 2. The number of nitro benzene ring substituents is 1. The van der Waals surface area contributed by atoms with Gasteiger partial charge in [0.25, 0.3) is 5.69 Å². The van der Waals surface area contributed by atoms with Gasteiger partial charge in [-0.05, 0) is 37.3 Å². The van der Waals surface area contributed by atoms with E-state index in [0.29, 0.717) is 5.69 Å². The third-order valence-electron chi connectivity index (χ3n) is 5.39. The van der Waals surface area contributed by atoms with E-state index < -0.39 is 4.92 Å². The molecule has 0 fully saturated rings. The van der Waals surface area contributed by atoms with Crippen LogP contribution in [0.4, 0.5) is 11.4 Å². The van der Waals surface area contributed by atoms with Crippen molar-refractivity contribution in [2.24, 2.45) is 0 Å². The number of imidazole rings is 1. The van der Waals surface area contributed by atoms with Crippen molar-refractivity contribution in [1.29, 1.82) is 0 Å². The predicted molar refractivity (Wildman–Crippen MR) is 123 cm³/mol. The lowest BCUT2D eigenvalue weighted by atomic mass is 10.0. The van der Waals surface area contributed by atoms with Gasteiger partial charge in [-0.25, -0.2) is 4.98 Å². The minimum Gasteiger partial charge on any atom is -0.399 e. The van der Waals surface area contributed by atoms with E-state index >= 15 is 0 Å². The van der Waals surface area contributed by atoms with Gasteiger partial charge in [-0.15, -0.1) is 0 Å². The standard InChI is InChI=1S/C24H19N5O2/c1-14-21(19-4-2-3-5-20(19)26-14)24-27-22(15-6-10-17(25)11-7-15)23(28-24)16-8-12-18(13-9-16)29(30)31/h2-13,26H,25H2,1H3,(H,27,28). The molecule has 0 unspecified atom stereocenters. The van der Waals surface area contributed by atoms with Gasteiger partial charge in [-0.1, -0.05) is 30.3 Å². The van der Waals surface area contributed by atoms with Crippen molar-refractivity contribution in [2.45, 2.75) is 6.92 Å². The summed E-state index contributed by atoms with van der Waals surface area (Å²) in [4.78, 5) is 22.5. The number of para-hydroxylation sites is 1. The molecule has 2 aromatic heterocycles. The highest BCUT2D eigenvalue weighted by molar-refractivity contribution is 5.97. The SMILES string of the molecule is Cc1[nH]c2ccccc2c1-c1nc(-c2ccc([N+](=O)[O-])cc2)c(-c2ccc(N)cc2)[nH]1. The molecule has 0 aliphatic heterocycles. The molecule has 7 nitrogen and oxygen atoms in total. The Morgan fingerprint density at radius 1 is 0.903 bits per heavy atom. The number of hydrogen-bond acceptors (Lipinski definition) is 4. The van der Waals surface area contributed by atoms with Crippen LogP contribution in [0.3, 0.4) is 0 Å². The van der Waals surface area contributed by atoms with Crippen LogP contribution in [0.15, 0.2) is 72.8 Å². The lowest BCUT2D eigenvalue weighted by Crippen LogP contribution is -1.89. The number of aryl methyl sites for hydroxylation is 1. The van der Waals surface area contributed by atoms with Crippen molar-refractivity contribution in [1.82, 2.24) is 15.0 Å². The first-order chi connectivity index (χ1) is 15.0. The molecule has 0 bridgehead atoms. The van der Waals surface area contributed by atoms with Crippen molar-refractivity contribution in [3.05, 3.63) is 88.6 Å². The molecule has 3 aromatic carbocycles. The second kappa shape index (κ2) is 7.14. The summed E-state index contributed by atoms with van der Waals surface area (Å²) < 4.78 is 0. The van der Waals surface area contributed by atoms with E-state index in [1.165, 1.54) is 12.1 Å². The number of aromatic nitrogens is 3. The number of nitrogens with one attached hydrogen (secondary N) is 2. The Labute approximate surface area is 177 Å². The molecule has 0 amide bonds. The lowest BCUT2D eigenvalue weighted by molar-refractivity contribution is -0.384. The summed E-state index contributed by atoms with van der Waals surface area (Å²) in [5.74, 6) is 0.732. The molecule has 0 radical (unpaired) electrons. The molecule has 7 heteroatoms. The Morgan fingerprint density at radius 3 is 2.29 bits per heavy atom. The number of rotatable bonds is 4. The van der Waals surface area contributed by atoms with Gasteiger partial charge in [0.15, 0.2) is 0 Å². The second-order valence-electron chi connectivity index (χ2n) is 7.41. The van der Waals surface area contributed by atoms with E-state index in [-0.39, 0.29) is 5.69 Å². The van der Waals surface area contributed by atoms with Gasteiger partial charge in [0.05, 0.1) is 16.3 Å². The topological polar surface area (TPSA) is 114 Å². The van der Waals surface area contributed by atoms with Crippen molar-refractivity contribution in [3.8, 4) is 33.9 Å². The number of anilines is 1. The van der Waals surface area contributed by atoms with Crippen LogP contribution in [0.25, 0.3) is 44.8 Å². The zero-order valence-corrected chi connectivity index (χ0v) is 16.7. The Bertz CT molecular complexity index is 1410. The molecule has 0 saturated carbocycles. The quantitative estimate of drug-likeness (QED) is 0.201. The molecular weight excluding hydrogens is 390 g/mol. The number of nitrogens with two attached hydrogens (primary N) is 1. The third kappa shape index (κ3) is 3.22. The molecule has 152 valence electrons. The largest absolute Gasteiger partial charge is 0.399 e. The molecule has 5 rings (SSSR count). The molecule has 0 aliphatic rings. The van der Waals surface area contributed by atoms with Crippen LogP contribution in [0.1, 0.15) is 5.69 Å². The maximum absolute atomic E-state index is 11.1. The van der Waals surface area contributed by atoms with Crippen molar-refractivity contribution >= 4 is 22.3 Å². The average molecular weight is 409 g/mol. The van der Waals surface area contributed by atoms with Gasteiger partial charge in [0, 0.05) is 51.1 Å². The maximum atomic E-state index is 11.1. The zero-order valence-electron chi connectivity index (χ0n) is 16.7. The Kier molecular flexibility index (Phi) is 4.29. The molecule has 5 aromatic rings. The summed E-state index contributed by atoms with van der Waals surface area (Å²) in [6.07, 6.45) is 0. The molecule has 2 heterocycles. The molecule has 31 heavy (non-hydrogen) atoms. The van der Waals surface area contributed by atoms with E-state index in [2.05, 4.69) is 16.0 Å². The normalized spacial score (nSPS) is 11.1. The van der Waals surface area contributed by atoms with Crippen LogP contribution < -0.4 is 5.73 Å². The van der Waals surface area contributed by atoms with Gasteiger partial charge in [0.2, 0.25) is 0 Å². The number of nitrogen functional groups attached to an aromatic ring is 1.